The van der Waals surface area contributed by atoms with Crippen molar-refractivity contribution in [2.45, 2.75) is 6.92 Å². The van der Waals surface area contributed by atoms with Crippen molar-refractivity contribution in [3.8, 4) is 5.75 Å². The van der Waals surface area contributed by atoms with Crippen LogP contribution < -0.4 is 20.3 Å². The number of benzene rings is 2. The quantitative estimate of drug-likeness (QED) is 0.852. The zero-order valence-corrected chi connectivity index (χ0v) is 15.9. The van der Waals surface area contributed by atoms with E-state index in [1.54, 1.807) is 18.2 Å². The zero-order valence-electron chi connectivity index (χ0n) is 15.9. The molecule has 1 saturated heterocycles. The Labute approximate surface area is 164 Å². The number of para-hydroxylation sites is 2. The molecule has 7 heteroatoms. The highest BCUT2D eigenvalue weighted by molar-refractivity contribution is 6.07. The van der Waals surface area contributed by atoms with Gasteiger partial charge in [-0.25, -0.2) is 0 Å². The molecule has 28 heavy (non-hydrogen) atoms. The molecular weight excluding hydrogens is 356 g/mol. The van der Waals surface area contributed by atoms with Gasteiger partial charge in [0.25, 0.3) is 11.8 Å². The normalized spacial score (nSPS) is 16.8. The van der Waals surface area contributed by atoms with Gasteiger partial charge in [0, 0.05) is 31.7 Å². The molecule has 7 nitrogen and oxygen atoms in total. The highest BCUT2D eigenvalue weighted by atomic mass is 16.5. The lowest BCUT2D eigenvalue weighted by molar-refractivity contribution is -0.118. The number of hydrogen-bond acceptors (Lipinski definition) is 5. The molecule has 1 fully saturated rings. The van der Waals surface area contributed by atoms with Gasteiger partial charge in [-0.05, 0) is 36.9 Å². The first kappa shape index (κ1) is 18.3. The van der Waals surface area contributed by atoms with Crippen molar-refractivity contribution in [3.63, 3.8) is 0 Å². The molecule has 2 aromatic carbocycles. The van der Waals surface area contributed by atoms with Crippen molar-refractivity contribution in [2.75, 3.05) is 54.9 Å². The number of amides is 2. The molecule has 0 bridgehead atoms. The van der Waals surface area contributed by atoms with E-state index in [-0.39, 0.29) is 18.4 Å². The van der Waals surface area contributed by atoms with Crippen LogP contribution in [-0.2, 0) is 4.79 Å². The molecule has 2 heterocycles. The van der Waals surface area contributed by atoms with E-state index in [1.807, 2.05) is 24.3 Å². The number of hydrogen-bond donors (Lipinski definition) is 2. The highest BCUT2D eigenvalue weighted by Crippen LogP contribution is 2.30. The molecule has 2 aliphatic rings. The van der Waals surface area contributed by atoms with Gasteiger partial charge in [0.1, 0.15) is 5.75 Å². The van der Waals surface area contributed by atoms with Gasteiger partial charge in [-0.3, -0.25) is 9.59 Å². The van der Waals surface area contributed by atoms with Gasteiger partial charge in [0.15, 0.2) is 6.61 Å². The van der Waals surface area contributed by atoms with Gasteiger partial charge in [-0.15, -0.1) is 0 Å². The second-order valence-electron chi connectivity index (χ2n) is 6.94. The largest absolute Gasteiger partial charge is 0.482 e. The molecule has 146 valence electrons. The molecule has 2 aliphatic heterocycles. The van der Waals surface area contributed by atoms with Crippen LogP contribution in [0.25, 0.3) is 0 Å². The van der Waals surface area contributed by atoms with Crippen LogP contribution in [0.1, 0.15) is 17.3 Å². The third-order valence-corrected chi connectivity index (χ3v) is 5.19. The maximum absolute atomic E-state index is 12.8. The average molecular weight is 380 g/mol. The summed E-state index contributed by atoms with van der Waals surface area (Å²) >= 11 is 0. The predicted octanol–water partition coefficient (Wildman–Crippen LogP) is 2.41. The summed E-state index contributed by atoms with van der Waals surface area (Å²) in [5.41, 5.74) is 2.81. The molecule has 0 saturated carbocycles. The number of piperazine rings is 1. The van der Waals surface area contributed by atoms with Crippen LogP contribution in [0.4, 0.5) is 17.1 Å². The lowest BCUT2D eigenvalue weighted by Crippen LogP contribution is -2.46. The number of likely N-dealkylation sites (N-methyl/N-ethyl adjacent to an activating group) is 1. The fourth-order valence-corrected chi connectivity index (χ4v) is 3.58. The Morgan fingerprint density at radius 1 is 1.14 bits per heavy atom. The molecule has 4 rings (SSSR count). The fourth-order valence-electron chi connectivity index (χ4n) is 3.58. The van der Waals surface area contributed by atoms with Crippen LogP contribution >= 0.6 is 0 Å². The molecule has 2 N–H and O–H groups in total. The predicted molar refractivity (Wildman–Crippen MR) is 109 cm³/mol. The molecule has 2 amide bonds. The minimum atomic E-state index is -0.221. The van der Waals surface area contributed by atoms with Gasteiger partial charge >= 0.3 is 0 Å². The maximum Gasteiger partial charge on any atom is 0.262 e. The van der Waals surface area contributed by atoms with E-state index in [4.69, 9.17) is 4.74 Å². The molecule has 0 atom stereocenters. The Kier molecular flexibility index (Phi) is 5.16. The summed E-state index contributed by atoms with van der Waals surface area (Å²) in [6, 6.07) is 12.9. The minimum Gasteiger partial charge on any atom is -0.482 e. The molecule has 0 unspecified atom stereocenters. The zero-order chi connectivity index (χ0) is 19.5. The number of nitrogens with zero attached hydrogens (tertiary/aromatic N) is 2. The van der Waals surface area contributed by atoms with Gasteiger partial charge in [0.05, 0.1) is 17.1 Å². The minimum absolute atomic E-state index is 0.00276. The number of ether oxygens (including phenoxy) is 1. The monoisotopic (exact) mass is 380 g/mol. The maximum atomic E-state index is 12.8. The summed E-state index contributed by atoms with van der Waals surface area (Å²) in [5, 5.41) is 5.75. The van der Waals surface area contributed by atoms with E-state index < -0.39 is 0 Å². The Balaban J connectivity index is 1.51. The first-order chi connectivity index (χ1) is 13.6. The summed E-state index contributed by atoms with van der Waals surface area (Å²) in [6.45, 7) is 7.14. The Bertz CT molecular complexity index is 891. The number of carbonyl (C=O) groups excluding carboxylic acids is 2. The smallest absolute Gasteiger partial charge is 0.262 e. The second kappa shape index (κ2) is 7.90. The molecule has 0 aromatic heterocycles. The lowest BCUT2D eigenvalue weighted by Gasteiger charge is -2.36. The van der Waals surface area contributed by atoms with Crippen molar-refractivity contribution < 1.29 is 14.3 Å². The van der Waals surface area contributed by atoms with Gasteiger partial charge in [-0.1, -0.05) is 19.1 Å². The van der Waals surface area contributed by atoms with Crippen LogP contribution in [0.15, 0.2) is 42.5 Å². The van der Waals surface area contributed by atoms with E-state index in [9.17, 15) is 9.59 Å². The average Bonchev–Trinajstić information content (AvgIpc) is 2.73. The fraction of sp³-hybridized carbons (Fsp3) is 0.333. The van der Waals surface area contributed by atoms with Crippen LogP contribution in [-0.4, -0.2) is 56.0 Å². The van der Waals surface area contributed by atoms with Gasteiger partial charge < -0.3 is 25.2 Å². The van der Waals surface area contributed by atoms with Crippen molar-refractivity contribution in [1.29, 1.82) is 0 Å². The number of fused-ring (bicyclic) bond motifs is 1. The number of nitrogens with one attached hydrogen (secondary N) is 2. The Hall–Kier alpha value is -3.06. The highest BCUT2D eigenvalue weighted by Gasteiger charge is 2.21. The first-order valence-corrected chi connectivity index (χ1v) is 9.58. The second-order valence-corrected chi connectivity index (χ2v) is 6.94. The summed E-state index contributed by atoms with van der Waals surface area (Å²) in [7, 11) is 0. The number of anilines is 3. The third-order valence-electron chi connectivity index (χ3n) is 5.19. The van der Waals surface area contributed by atoms with Gasteiger partial charge in [0.2, 0.25) is 0 Å². The number of carbonyl (C=O) groups is 2. The summed E-state index contributed by atoms with van der Waals surface area (Å²) in [4.78, 5) is 29.1. The lowest BCUT2D eigenvalue weighted by atomic mass is 10.1. The van der Waals surface area contributed by atoms with E-state index in [0.717, 1.165) is 44.1 Å². The van der Waals surface area contributed by atoms with E-state index in [0.29, 0.717) is 17.0 Å². The van der Waals surface area contributed by atoms with Crippen molar-refractivity contribution in [3.05, 3.63) is 48.0 Å². The van der Waals surface area contributed by atoms with E-state index in [2.05, 4.69) is 27.4 Å². The standard InChI is InChI=1S/C21H24N4O3/c1-2-24-9-11-25(12-10-24)18-6-4-3-5-16(18)23-21(27)15-7-8-19-17(13-15)22-20(26)14-28-19/h3-8,13H,2,9-12,14H2,1H3,(H,22,26)(H,23,27). The van der Waals surface area contributed by atoms with Crippen molar-refractivity contribution in [1.82, 2.24) is 4.90 Å². The molecule has 0 aliphatic carbocycles. The van der Waals surface area contributed by atoms with Crippen LogP contribution in [0.5, 0.6) is 5.75 Å². The molecular formula is C21H24N4O3. The van der Waals surface area contributed by atoms with Crippen LogP contribution in [0.3, 0.4) is 0 Å². The van der Waals surface area contributed by atoms with Crippen molar-refractivity contribution >= 4 is 28.9 Å². The first-order valence-electron chi connectivity index (χ1n) is 9.58. The Morgan fingerprint density at radius 2 is 1.93 bits per heavy atom. The van der Waals surface area contributed by atoms with Gasteiger partial charge in [-0.2, -0.15) is 0 Å². The van der Waals surface area contributed by atoms with E-state index >= 15 is 0 Å². The Morgan fingerprint density at radius 3 is 2.71 bits per heavy atom. The topological polar surface area (TPSA) is 73.9 Å². The summed E-state index contributed by atoms with van der Waals surface area (Å²) in [6.07, 6.45) is 0. The van der Waals surface area contributed by atoms with Crippen molar-refractivity contribution in [2.24, 2.45) is 0 Å². The molecule has 2 aromatic rings. The SMILES string of the molecule is CCN1CCN(c2ccccc2NC(=O)c2ccc3c(c2)NC(=O)CO3)CC1. The van der Waals surface area contributed by atoms with Crippen LogP contribution in [0, 0.1) is 0 Å². The molecule has 0 radical (unpaired) electrons. The van der Waals surface area contributed by atoms with E-state index in [1.165, 1.54) is 0 Å². The summed E-state index contributed by atoms with van der Waals surface area (Å²) < 4.78 is 5.35. The van der Waals surface area contributed by atoms with Crippen LogP contribution in [0.2, 0.25) is 0 Å². The summed E-state index contributed by atoms with van der Waals surface area (Å²) in [5.74, 6) is 0.134. The molecule has 0 spiro atoms. The third kappa shape index (κ3) is 3.80. The number of rotatable bonds is 4.